The minimum Gasteiger partial charge on any atom is -0.467 e. The smallest absolute Gasteiger partial charge is 0.331 e. The number of benzene rings is 1. The Kier molecular flexibility index (Phi) is 5.37. The van der Waals surface area contributed by atoms with Crippen molar-refractivity contribution in [3.05, 3.63) is 53.5 Å². The molecule has 1 aromatic carbocycles. The molecule has 2 aromatic heterocycles. The zero-order chi connectivity index (χ0) is 22.3. The van der Waals surface area contributed by atoms with E-state index in [4.69, 9.17) is 0 Å². The van der Waals surface area contributed by atoms with Gasteiger partial charge in [-0.05, 0) is 12.1 Å². The molecule has 0 saturated carbocycles. The van der Waals surface area contributed by atoms with E-state index in [1.54, 1.807) is 0 Å². The van der Waals surface area contributed by atoms with Gasteiger partial charge in [0.05, 0.1) is 49.0 Å². The lowest BCUT2D eigenvalue weighted by molar-refractivity contribution is -0.146. The molecule has 0 amide bonds. The molecule has 2 atom stereocenters. The van der Waals surface area contributed by atoms with Crippen LogP contribution in [0.1, 0.15) is 12.1 Å². The van der Waals surface area contributed by atoms with Gasteiger partial charge in [-0.25, -0.2) is 9.59 Å². The molecule has 2 heterocycles. The Morgan fingerprint density at radius 3 is 1.20 bits per heavy atom. The largest absolute Gasteiger partial charge is 0.467 e. The molecule has 3 aromatic rings. The van der Waals surface area contributed by atoms with Crippen LogP contribution in [0.15, 0.2) is 31.3 Å². The number of ether oxygens (including phenoxy) is 2. The number of nitrogens with zero attached hydrogens (tertiary/aromatic N) is 2. The number of aliphatic hydroxyl groups is 2. The van der Waals surface area contributed by atoms with Crippen LogP contribution in [0.25, 0.3) is 21.5 Å². The van der Waals surface area contributed by atoms with Gasteiger partial charge in [-0.1, -0.05) is 0 Å². The summed E-state index contributed by atoms with van der Waals surface area (Å²) in [5, 5.41) is 17.8. The Hall–Kier alpha value is -3.64. The average Bonchev–Trinajstić information content (AvgIpc) is 3.13. The number of aromatic nitrogens is 2. The van der Waals surface area contributed by atoms with Gasteiger partial charge in [0, 0.05) is 0 Å². The molecular weight excluding hydrogens is 404 g/mol. The quantitative estimate of drug-likeness (QED) is 0.401. The van der Waals surface area contributed by atoms with Crippen LogP contribution >= 0.6 is 0 Å². The molecule has 0 aliphatic rings. The standard InChI is InChI=1S/C18H16N2O10/c1-29-17(27)11(5-21)19-13(23)7-3-9-10(4-8(7)14(19)24)16(26)20(15(9)25)12(6-22)18(28)30-2/h3-4,11-12,21-22H,5-6H2,1-2H3. The van der Waals surface area contributed by atoms with Gasteiger partial charge < -0.3 is 19.7 Å². The molecule has 12 nitrogen and oxygen atoms in total. The van der Waals surface area contributed by atoms with Crippen LogP contribution in [-0.2, 0) is 19.1 Å². The molecule has 0 saturated heterocycles. The van der Waals surface area contributed by atoms with Crippen LogP contribution in [0.5, 0.6) is 0 Å². The number of carbonyl (C=O) groups excluding carboxylic acids is 2. The number of carbonyl (C=O) groups is 2. The zero-order valence-corrected chi connectivity index (χ0v) is 15.8. The van der Waals surface area contributed by atoms with Gasteiger partial charge in [0.1, 0.15) is 0 Å². The first-order valence-electron chi connectivity index (χ1n) is 8.54. The minimum atomic E-state index is -1.60. The summed E-state index contributed by atoms with van der Waals surface area (Å²) < 4.78 is 9.95. The summed E-state index contributed by atoms with van der Waals surface area (Å²) in [6, 6.07) is -1.19. The fourth-order valence-electron chi connectivity index (χ4n) is 3.37. The number of fused-ring (bicyclic) bond motifs is 2. The number of esters is 2. The highest BCUT2D eigenvalue weighted by Crippen LogP contribution is 2.17. The molecule has 12 heteroatoms. The normalized spacial score (nSPS) is 13.5. The lowest BCUT2D eigenvalue weighted by Crippen LogP contribution is -2.37. The maximum absolute atomic E-state index is 12.7. The van der Waals surface area contributed by atoms with Gasteiger partial charge in [0.15, 0.2) is 12.1 Å². The van der Waals surface area contributed by atoms with Gasteiger partial charge in [0.2, 0.25) is 0 Å². The van der Waals surface area contributed by atoms with Gasteiger partial charge in [0.25, 0.3) is 22.2 Å². The highest BCUT2D eigenvalue weighted by molar-refractivity contribution is 5.98. The highest BCUT2D eigenvalue weighted by atomic mass is 16.5. The molecule has 0 fully saturated rings. The van der Waals surface area contributed by atoms with Crippen molar-refractivity contribution in [3.8, 4) is 0 Å². The topological polar surface area (TPSA) is 171 Å². The van der Waals surface area contributed by atoms with E-state index >= 15 is 0 Å². The molecule has 0 radical (unpaired) electrons. The van der Waals surface area contributed by atoms with E-state index in [1.165, 1.54) is 0 Å². The maximum atomic E-state index is 12.7. The number of hydrogen-bond donors (Lipinski definition) is 2. The lowest BCUT2D eigenvalue weighted by Gasteiger charge is -2.11. The molecule has 3 rings (SSSR count). The number of rotatable bonds is 6. The fraction of sp³-hybridized carbons (Fsp3) is 0.333. The van der Waals surface area contributed by atoms with Crippen molar-refractivity contribution in [3.63, 3.8) is 0 Å². The van der Waals surface area contributed by atoms with E-state index in [2.05, 4.69) is 9.47 Å². The first-order valence-corrected chi connectivity index (χ1v) is 8.54. The molecule has 158 valence electrons. The van der Waals surface area contributed by atoms with Crippen molar-refractivity contribution in [2.45, 2.75) is 12.1 Å². The molecule has 0 bridgehead atoms. The third kappa shape index (κ3) is 2.84. The Bertz CT molecular complexity index is 1190. The van der Waals surface area contributed by atoms with Gasteiger partial charge in [-0.15, -0.1) is 0 Å². The van der Waals surface area contributed by atoms with E-state index in [-0.39, 0.29) is 21.5 Å². The molecule has 0 aliphatic heterocycles. The minimum absolute atomic E-state index is 0.261. The van der Waals surface area contributed by atoms with Crippen LogP contribution in [0.2, 0.25) is 0 Å². The second-order valence-corrected chi connectivity index (χ2v) is 6.35. The van der Waals surface area contributed by atoms with Crippen LogP contribution in [-0.4, -0.2) is 58.7 Å². The summed E-state index contributed by atoms with van der Waals surface area (Å²) in [4.78, 5) is 74.4. The maximum Gasteiger partial charge on any atom is 0.331 e. The Labute approximate surface area is 165 Å². The van der Waals surface area contributed by atoms with Crippen LogP contribution in [0.3, 0.4) is 0 Å². The molecular formula is C18H16N2O10. The van der Waals surface area contributed by atoms with Crippen molar-refractivity contribution in [1.29, 1.82) is 0 Å². The number of hydrogen-bond acceptors (Lipinski definition) is 10. The van der Waals surface area contributed by atoms with E-state index in [9.17, 15) is 39.0 Å². The number of methoxy groups -OCH3 is 2. The summed E-state index contributed by atoms with van der Waals surface area (Å²) in [5.74, 6) is -2.05. The molecule has 0 spiro atoms. The van der Waals surface area contributed by atoms with Crippen molar-refractivity contribution in [1.82, 2.24) is 9.13 Å². The second kappa shape index (κ2) is 7.65. The van der Waals surface area contributed by atoms with Crippen molar-refractivity contribution >= 4 is 33.5 Å². The molecule has 0 aliphatic carbocycles. The Morgan fingerprint density at radius 1 is 0.733 bits per heavy atom. The predicted octanol–water partition coefficient (Wildman–Crippen LogP) is -2.67. The predicted molar refractivity (Wildman–Crippen MR) is 101 cm³/mol. The summed E-state index contributed by atoms with van der Waals surface area (Å²) in [7, 11) is 2.03. The molecule has 30 heavy (non-hydrogen) atoms. The third-order valence-corrected chi connectivity index (χ3v) is 4.87. The lowest BCUT2D eigenvalue weighted by atomic mass is 10.1. The van der Waals surface area contributed by atoms with Gasteiger partial charge in [-0.2, -0.15) is 0 Å². The Morgan fingerprint density at radius 2 is 1.00 bits per heavy atom. The first kappa shape index (κ1) is 21.1. The first-order chi connectivity index (χ1) is 14.2. The summed E-state index contributed by atoms with van der Waals surface area (Å²) in [5.41, 5.74) is -3.86. The van der Waals surface area contributed by atoms with E-state index < -0.39 is 59.5 Å². The van der Waals surface area contributed by atoms with E-state index in [0.29, 0.717) is 9.13 Å². The Balaban J connectivity index is 2.38. The molecule has 2 unspecified atom stereocenters. The molecule has 2 N–H and O–H groups in total. The van der Waals surface area contributed by atoms with Gasteiger partial charge in [-0.3, -0.25) is 28.3 Å². The average molecular weight is 420 g/mol. The number of aliphatic hydroxyl groups excluding tert-OH is 2. The monoisotopic (exact) mass is 420 g/mol. The highest BCUT2D eigenvalue weighted by Gasteiger charge is 2.30. The zero-order valence-electron chi connectivity index (χ0n) is 15.8. The van der Waals surface area contributed by atoms with Crippen LogP contribution < -0.4 is 22.2 Å². The van der Waals surface area contributed by atoms with Crippen molar-refractivity contribution < 1.29 is 29.3 Å². The van der Waals surface area contributed by atoms with Crippen LogP contribution in [0.4, 0.5) is 0 Å². The summed E-state index contributed by atoms with van der Waals surface area (Å²) in [6.45, 7) is -1.78. The van der Waals surface area contributed by atoms with Gasteiger partial charge >= 0.3 is 11.9 Å². The SMILES string of the molecule is COC(=O)C(CO)n1c(=O)c2cc3c(=O)n(C(CO)C(=O)OC)c(=O)c3cc2c1=O. The summed E-state index contributed by atoms with van der Waals surface area (Å²) >= 11 is 0. The van der Waals surface area contributed by atoms with Crippen molar-refractivity contribution in [2.75, 3.05) is 27.4 Å². The third-order valence-electron chi connectivity index (χ3n) is 4.87. The van der Waals surface area contributed by atoms with E-state index in [0.717, 1.165) is 26.4 Å². The van der Waals surface area contributed by atoms with Crippen LogP contribution in [0, 0.1) is 0 Å². The van der Waals surface area contributed by atoms with Crippen molar-refractivity contribution in [2.24, 2.45) is 0 Å². The summed E-state index contributed by atoms with van der Waals surface area (Å²) in [6.07, 6.45) is 0. The fourth-order valence-corrected chi connectivity index (χ4v) is 3.37. The second-order valence-electron chi connectivity index (χ2n) is 6.35. The van der Waals surface area contributed by atoms with E-state index in [1.807, 2.05) is 0 Å².